The average Bonchev–Trinajstić information content (AvgIpc) is 3.24. The second-order valence-electron chi connectivity index (χ2n) is 5.86. The summed E-state index contributed by atoms with van der Waals surface area (Å²) in [6.45, 7) is 2.37. The van der Waals surface area contributed by atoms with Crippen molar-refractivity contribution in [1.29, 1.82) is 0 Å². The van der Waals surface area contributed by atoms with Crippen molar-refractivity contribution >= 4 is 27.3 Å². The normalized spacial score (nSPS) is 11.0. The Labute approximate surface area is 168 Å². The van der Waals surface area contributed by atoms with E-state index < -0.39 is 15.9 Å². The van der Waals surface area contributed by atoms with Gasteiger partial charge in [-0.15, -0.1) is 0 Å². The second kappa shape index (κ2) is 8.70. The predicted octanol–water partition coefficient (Wildman–Crippen LogP) is 3.74. The first-order valence-corrected chi connectivity index (χ1v) is 10.2. The molecule has 3 rings (SSSR count). The lowest BCUT2D eigenvalue weighted by Crippen LogP contribution is -2.16. The molecule has 0 aliphatic heterocycles. The third-order valence-electron chi connectivity index (χ3n) is 3.87. The monoisotopic (exact) mass is 416 g/mol. The number of anilines is 2. The van der Waals surface area contributed by atoms with E-state index in [0.717, 1.165) is 0 Å². The van der Waals surface area contributed by atoms with Crippen molar-refractivity contribution in [2.45, 2.75) is 11.8 Å². The number of ether oxygens (including phenoxy) is 2. The molecule has 0 atom stereocenters. The molecule has 1 amide bonds. The number of hydrogen-bond donors (Lipinski definition) is 2. The van der Waals surface area contributed by atoms with E-state index in [9.17, 15) is 13.2 Å². The van der Waals surface area contributed by atoms with Crippen LogP contribution in [0.3, 0.4) is 0 Å². The molecule has 0 bridgehead atoms. The molecule has 0 saturated carbocycles. The zero-order chi connectivity index (χ0) is 20.9. The van der Waals surface area contributed by atoms with E-state index in [2.05, 4.69) is 10.0 Å². The Bertz CT molecular complexity index is 1080. The lowest BCUT2D eigenvalue weighted by Gasteiger charge is -2.14. The molecule has 3 aromatic rings. The maximum atomic E-state index is 12.9. The number of rotatable bonds is 8. The highest BCUT2D eigenvalue weighted by atomic mass is 32.2. The number of methoxy groups -OCH3 is 1. The summed E-state index contributed by atoms with van der Waals surface area (Å²) in [4.78, 5) is 12.0. The number of carbonyl (C=O) groups is 1. The van der Waals surface area contributed by atoms with Gasteiger partial charge in [0.2, 0.25) is 0 Å². The van der Waals surface area contributed by atoms with Gasteiger partial charge in [0.1, 0.15) is 16.4 Å². The minimum Gasteiger partial charge on any atom is -0.495 e. The van der Waals surface area contributed by atoms with Crippen LogP contribution in [-0.4, -0.2) is 28.0 Å². The SMILES string of the molecule is CCOc1ccc(NS(=O)(=O)c2cc(NC(=O)c3ccco3)ccc2OC)cc1. The van der Waals surface area contributed by atoms with Crippen molar-refractivity contribution < 1.29 is 27.1 Å². The summed E-state index contributed by atoms with van der Waals surface area (Å²) in [6.07, 6.45) is 1.37. The van der Waals surface area contributed by atoms with Gasteiger partial charge in [0.15, 0.2) is 5.76 Å². The summed E-state index contributed by atoms with van der Waals surface area (Å²) in [5, 5.41) is 2.60. The van der Waals surface area contributed by atoms with Crippen molar-refractivity contribution in [3.8, 4) is 11.5 Å². The van der Waals surface area contributed by atoms with Gasteiger partial charge >= 0.3 is 0 Å². The Morgan fingerprint density at radius 3 is 2.41 bits per heavy atom. The maximum absolute atomic E-state index is 12.9. The molecule has 0 spiro atoms. The number of hydrogen-bond acceptors (Lipinski definition) is 6. The van der Waals surface area contributed by atoms with Crippen molar-refractivity contribution in [3.63, 3.8) is 0 Å². The molecule has 0 aliphatic rings. The van der Waals surface area contributed by atoms with Crippen LogP contribution >= 0.6 is 0 Å². The Balaban J connectivity index is 1.85. The molecule has 0 unspecified atom stereocenters. The minimum atomic E-state index is -3.98. The Morgan fingerprint density at radius 2 is 1.79 bits per heavy atom. The first-order valence-electron chi connectivity index (χ1n) is 8.71. The summed E-state index contributed by atoms with van der Waals surface area (Å²) >= 11 is 0. The first kappa shape index (κ1) is 20.3. The fraction of sp³-hybridized carbons (Fsp3) is 0.150. The van der Waals surface area contributed by atoms with Crippen LogP contribution < -0.4 is 19.5 Å². The quantitative estimate of drug-likeness (QED) is 0.579. The molecule has 1 heterocycles. The van der Waals surface area contributed by atoms with Crippen molar-refractivity contribution in [1.82, 2.24) is 0 Å². The van der Waals surface area contributed by atoms with Crippen LogP contribution in [0.15, 0.2) is 70.2 Å². The van der Waals surface area contributed by atoms with Gasteiger partial charge in [-0.2, -0.15) is 0 Å². The van der Waals surface area contributed by atoms with Gasteiger partial charge in [-0.1, -0.05) is 0 Å². The molecule has 0 saturated heterocycles. The first-order chi connectivity index (χ1) is 13.9. The van der Waals surface area contributed by atoms with Crippen LogP contribution in [-0.2, 0) is 10.0 Å². The molecule has 0 aliphatic carbocycles. The predicted molar refractivity (Wildman–Crippen MR) is 108 cm³/mol. The highest BCUT2D eigenvalue weighted by molar-refractivity contribution is 7.92. The van der Waals surface area contributed by atoms with E-state index in [1.165, 1.54) is 37.6 Å². The molecular formula is C20H20N2O6S. The summed E-state index contributed by atoms with van der Waals surface area (Å²) in [5.74, 6) is 0.385. The summed E-state index contributed by atoms with van der Waals surface area (Å²) < 4.78 is 43.9. The smallest absolute Gasteiger partial charge is 0.291 e. The van der Waals surface area contributed by atoms with Crippen LogP contribution in [0.2, 0.25) is 0 Å². The fourth-order valence-corrected chi connectivity index (χ4v) is 3.82. The molecule has 9 heteroatoms. The molecule has 0 fully saturated rings. The molecule has 0 radical (unpaired) electrons. The van der Waals surface area contributed by atoms with E-state index in [1.54, 1.807) is 30.3 Å². The van der Waals surface area contributed by atoms with E-state index in [1.807, 2.05) is 6.92 Å². The average molecular weight is 416 g/mol. The molecule has 2 N–H and O–H groups in total. The van der Waals surface area contributed by atoms with E-state index in [-0.39, 0.29) is 22.1 Å². The molecule has 8 nitrogen and oxygen atoms in total. The number of amides is 1. The topological polar surface area (TPSA) is 107 Å². The highest BCUT2D eigenvalue weighted by Crippen LogP contribution is 2.29. The van der Waals surface area contributed by atoms with Crippen molar-refractivity contribution in [2.75, 3.05) is 23.8 Å². The van der Waals surface area contributed by atoms with Crippen LogP contribution in [0.5, 0.6) is 11.5 Å². The largest absolute Gasteiger partial charge is 0.495 e. The number of sulfonamides is 1. The van der Waals surface area contributed by atoms with Gasteiger partial charge in [-0.25, -0.2) is 8.42 Å². The molecular weight excluding hydrogens is 396 g/mol. The Kier molecular flexibility index (Phi) is 6.08. The third-order valence-corrected chi connectivity index (χ3v) is 5.28. The number of furan rings is 1. The Hall–Kier alpha value is -3.46. The third kappa shape index (κ3) is 4.88. The van der Waals surface area contributed by atoms with E-state index in [4.69, 9.17) is 13.9 Å². The standard InChI is InChI=1S/C20H20N2O6S/c1-3-27-16-9-6-14(7-10-16)22-29(24,25)19-13-15(8-11-17(19)26-2)21-20(23)18-5-4-12-28-18/h4-13,22H,3H2,1-2H3,(H,21,23). The summed E-state index contributed by atoms with van der Waals surface area (Å²) in [6, 6.07) is 13.9. The zero-order valence-corrected chi connectivity index (χ0v) is 16.7. The van der Waals surface area contributed by atoms with Crippen molar-refractivity contribution in [3.05, 3.63) is 66.6 Å². The van der Waals surface area contributed by atoms with E-state index >= 15 is 0 Å². The molecule has 29 heavy (non-hydrogen) atoms. The number of nitrogens with one attached hydrogen (secondary N) is 2. The highest BCUT2D eigenvalue weighted by Gasteiger charge is 2.21. The maximum Gasteiger partial charge on any atom is 0.291 e. The Morgan fingerprint density at radius 1 is 1.07 bits per heavy atom. The summed E-state index contributed by atoms with van der Waals surface area (Å²) in [5.41, 5.74) is 0.639. The van der Waals surface area contributed by atoms with Gasteiger partial charge in [-0.3, -0.25) is 9.52 Å². The fourth-order valence-electron chi connectivity index (χ4n) is 2.56. The van der Waals surface area contributed by atoms with Gasteiger partial charge in [-0.05, 0) is 61.5 Å². The van der Waals surface area contributed by atoms with Crippen LogP contribution in [0, 0.1) is 0 Å². The van der Waals surface area contributed by atoms with Crippen molar-refractivity contribution in [2.24, 2.45) is 0 Å². The molecule has 2 aromatic carbocycles. The number of carbonyl (C=O) groups excluding carboxylic acids is 1. The zero-order valence-electron chi connectivity index (χ0n) is 15.8. The summed E-state index contributed by atoms with van der Waals surface area (Å²) in [7, 11) is -2.62. The lowest BCUT2D eigenvalue weighted by atomic mass is 10.3. The van der Waals surface area contributed by atoms with Crippen LogP contribution in [0.25, 0.3) is 0 Å². The van der Waals surface area contributed by atoms with Gasteiger partial charge in [0, 0.05) is 11.4 Å². The van der Waals surface area contributed by atoms with Gasteiger partial charge in [0.05, 0.1) is 20.0 Å². The van der Waals surface area contributed by atoms with Crippen LogP contribution in [0.4, 0.5) is 11.4 Å². The van der Waals surface area contributed by atoms with E-state index in [0.29, 0.717) is 18.0 Å². The van der Waals surface area contributed by atoms with Gasteiger partial charge in [0.25, 0.3) is 15.9 Å². The second-order valence-corrected chi connectivity index (χ2v) is 7.51. The van der Waals surface area contributed by atoms with Crippen LogP contribution in [0.1, 0.15) is 17.5 Å². The molecule has 1 aromatic heterocycles. The lowest BCUT2D eigenvalue weighted by molar-refractivity contribution is 0.0996. The molecule has 152 valence electrons. The number of benzene rings is 2. The minimum absolute atomic E-state index is 0.109. The van der Waals surface area contributed by atoms with Gasteiger partial charge < -0.3 is 19.2 Å².